The van der Waals surface area contributed by atoms with E-state index in [9.17, 15) is 4.79 Å². The molecule has 4 nitrogen and oxygen atoms in total. The zero-order valence-electron chi connectivity index (χ0n) is 14.2. The summed E-state index contributed by atoms with van der Waals surface area (Å²) in [5.74, 6) is 1.47. The molecule has 2 aromatic rings. The monoisotopic (exact) mass is 325 g/mol. The van der Waals surface area contributed by atoms with Crippen molar-refractivity contribution in [3.8, 4) is 11.5 Å². The lowest BCUT2D eigenvalue weighted by Crippen LogP contribution is -2.28. The molecule has 1 N–H and O–H groups in total. The number of fused-ring (bicyclic) bond motifs is 1. The lowest BCUT2D eigenvalue weighted by Gasteiger charge is -2.19. The van der Waals surface area contributed by atoms with E-state index < -0.39 is 0 Å². The first-order valence-electron chi connectivity index (χ1n) is 8.44. The molecule has 3 rings (SSSR count). The number of hydrogen-bond acceptors (Lipinski definition) is 3. The van der Waals surface area contributed by atoms with Crippen LogP contribution >= 0.6 is 0 Å². The molecule has 2 aromatic carbocycles. The summed E-state index contributed by atoms with van der Waals surface area (Å²) in [5, 5.41) is 3.11. The third-order valence-corrected chi connectivity index (χ3v) is 4.20. The van der Waals surface area contributed by atoms with E-state index in [2.05, 4.69) is 12.2 Å². The fraction of sp³-hybridized carbons (Fsp3) is 0.350. The zero-order valence-corrected chi connectivity index (χ0v) is 14.2. The fourth-order valence-electron chi connectivity index (χ4n) is 2.76. The summed E-state index contributed by atoms with van der Waals surface area (Å²) in [6, 6.07) is 13.4. The molecule has 1 amide bonds. The summed E-state index contributed by atoms with van der Waals surface area (Å²) < 4.78 is 11.4. The smallest absolute Gasteiger partial charge is 0.251 e. The predicted molar refractivity (Wildman–Crippen MR) is 93.7 cm³/mol. The molecule has 0 aromatic heterocycles. The number of carbonyl (C=O) groups excluding carboxylic acids is 1. The van der Waals surface area contributed by atoms with Crippen molar-refractivity contribution in [3.63, 3.8) is 0 Å². The van der Waals surface area contributed by atoms with Crippen molar-refractivity contribution in [2.75, 3.05) is 13.2 Å². The molecule has 1 atom stereocenters. The van der Waals surface area contributed by atoms with Crippen molar-refractivity contribution in [3.05, 3.63) is 59.2 Å². The van der Waals surface area contributed by atoms with Gasteiger partial charge in [-0.15, -0.1) is 0 Å². The molecular weight excluding hydrogens is 302 g/mol. The van der Waals surface area contributed by atoms with Gasteiger partial charge < -0.3 is 14.8 Å². The van der Waals surface area contributed by atoms with Crippen molar-refractivity contribution >= 4 is 5.91 Å². The molecule has 0 aliphatic carbocycles. The highest BCUT2D eigenvalue weighted by molar-refractivity contribution is 5.94. The number of nitrogens with one attached hydrogen (secondary N) is 1. The molecule has 126 valence electrons. The van der Waals surface area contributed by atoms with Crippen molar-refractivity contribution in [1.29, 1.82) is 0 Å². The Kier molecular flexibility index (Phi) is 5.04. The standard InChI is InChI=1S/C20H23NO3/c1-3-17(21-20(22)15-7-5-14(2)6-8-15)16-9-10-18-19(13-16)24-12-4-11-23-18/h5-10,13,17H,3-4,11-12H2,1-2H3,(H,21,22)/t17-/m0/s1. The van der Waals surface area contributed by atoms with E-state index in [4.69, 9.17) is 9.47 Å². The van der Waals surface area contributed by atoms with Crippen LogP contribution in [0, 0.1) is 6.92 Å². The summed E-state index contributed by atoms with van der Waals surface area (Å²) in [5.41, 5.74) is 2.84. The van der Waals surface area contributed by atoms with Gasteiger partial charge in [-0.2, -0.15) is 0 Å². The van der Waals surface area contributed by atoms with Crippen LogP contribution in [0.25, 0.3) is 0 Å². The molecule has 1 heterocycles. The van der Waals surface area contributed by atoms with Gasteiger partial charge in [-0.3, -0.25) is 4.79 Å². The number of benzene rings is 2. The van der Waals surface area contributed by atoms with Gasteiger partial charge in [-0.05, 0) is 43.2 Å². The first kappa shape index (κ1) is 16.4. The van der Waals surface area contributed by atoms with Crippen molar-refractivity contribution < 1.29 is 14.3 Å². The Labute approximate surface area is 142 Å². The Morgan fingerprint density at radius 2 is 1.79 bits per heavy atom. The van der Waals surface area contributed by atoms with E-state index in [0.717, 1.165) is 35.5 Å². The van der Waals surface area contributed by atoms with Crippen molar-refractivity contribution in [1.82, 2.24) is 5.32 Å². The Balaban J connectivity index is 1.77. The number of amides is 1. The molecule has 1 aliphatic heterocycles. The van der Waals surface area contributed by atoms with Crippen LogP contribution in [0.1, 0.15) is 47.3 Å². The number of rotatable bonds is 4. The average molecular weight is 325 g/mol. The summed E-state index contributed by atoms with van der Waals surface area (Å²) in [4.78, 5) is 12.5. The van der Waals surface area contributed by atoms with Crippen LogP contribution in [0.15, 0.2) is 42.5 Å². The first-order valence-corrected chi connectivity index (χ1v) is 8.44. The summed E-state index contributed by atoms with van der Waals surface area (Å²) in [6.07, 6.45) is 1.68. The molecule has 0 radical (unpaired) electrons. The third kappa shape index (κ3) is 3.70. The number of ether oxygens (including phenoxy) is 2. The predicted octanol–water partition coefficient (Wildman–Crippen LogP) is 4.04. The maximum absolute atomic E-state index is 12.5. The van der Waals surface area contributed by atoms with Crippen molar-refractivity contribution in [2.45, 2.75) is 32.7 Å². The maximum atomic E-state index is 12.5. The van der Waals surface area contributed by atoms with Gasteiger partial charge in [0.1, 0.15) is 0 Å². The Hall–Kier alpha value is -2.49. The van der Waals surface area contributed by atoms with Gasteiger partial charge in [0, 0.05) is 12.0 Å². The largest absolute Gasteiger partial charge is 0.490 e. The first-order chi connectivity index (χ1) is 11.7. The van der Waals surface area contributed by atoms with E-state index in [1.54, 1.807) is 0 Å². The van der Waals surface area contributed by atoms with E-state index in [1.807, 2.05) is 49.4 Å². The molecular formula is C20H23NO3. The molecule has 0 unspecified atom stereocenters. The van der Waals surface area contributed by atoms with Crippen LogP contribution in [-0.2, 0) is 0 Å². The van der Waals surface area contributed by atoms with Crippen LogP contribution in [0.2, 0.25) is 0 Å². The van der Waals surface area contributed by atoms with Crippen LogP contribution < -0.4 is 14.8 Å². The quantitative estimate of drug-likeness (QED) is 0.923. The van der Waals surface area contributed by atoms with Crippen LogP contribution in [0.4, 0.5) is 0 Å². The normalized spacial score (nSPS) is 14.6. The minimum Gasteiger partial charge on any atom is -0.490 e. The van der Waals surface area contributed by atoms with Gasteiger partial charge in [-0.1, -0.05) is 30.7 Å². The number of carbonyl (C=O) groups is 1. The van der Waals surface area contributed by atoms with Gasteiger partial charge in [-0.25, -0.2) is 0 Å². The second kappa shape index (κ2) is 7.39. The second-order valence-corrected chi connectivity index (χ2v) is 6.06. The Bertz CT molecular complexity index is 709. The van der Waals surface area contributed by atoms with Gasteiger partial charge in [0.2, 0.25) is 0 Å². The van der Waals surface area contributed by atoms with Gasteiger partial charge in [0.05, 0.1) is 19.3 Å². The van der Waals surface area contributed by atoms with E-state index in [-0.39, 0.29) is 11.9 Å². The molecule has 0 spiro atoms. The van der Waals surface area contributed by atoms with E-state index in [0.29, 0.717) is 18.8 Å². The fourth-order valence-corrected chi connectivity index (χ4v) is 2.76. The van der Waals surface area contributed by atoms with Crippen LogP contribution in [-0.4, -0.2) is 19.1 Å². The van der Waals surface area contributed by atoms with Gasteiger partial charge >= 0.3 is 0 Å². The number of hydrogen-bond donors (Lipinski definition) is 1. The Morgan fingerprint density at radius 1 is 1.08 bits per heavy atom. The topological polar surface area (TPSA) is 47.6 Å². The third-order valence-electron chi connectivity index (χ3n) is 4.20. The lowest BCUT2D eigenvalue weighted by molar-refractivity contribution is 0.0935. The molecule has 0 bridgehead atoms. The SMILES string of the molecule is CC[C@H](NC(=O)c1ccc(C)cc1)c1ccc2c(c1)OCCCO2. The Morgan fingerprint density at radius 3 is 2.50 bits per heavy atom. The molecule has 0 fully saturated rings. The highest BCUT2D eigenvalue weighted by Crippen LogP contribution is 2.33. The van der Waals surface area contributed by atoms with E-state index >= 15 is 0 Å². The van der Waals surface area contributed by atoms with Crippen LogP contribution in [0.5, 0.6) is 11.5 Å². The minimum atomic E-state index is -0.0611. The zero-order chi connectivity index (χ0) is 16.9. The average Bonchev–Trinajstić information content (AvgIpc) is 2.84. The molecule has 1 aliphatic rings. The van der Waals surface area contributed by atoms with Gasteiger partial charge in [0.15, 0.2) is 11.5 Å². The minimum absolute atomic E-state index is 0.0593. The van der Waals surface area contributed by atoms with Gasteiger partial charge in [0.25, 0.3) is 5.91 Å². The lowest BCUT2D eigenvalue weighted by atomic mass is 10.0. The molecule has 24 heavy (non-hydrogen) atoms. The summed E-state index contributed by atoms with van der Waals surface area (Å²) in [6.45, 7) is 5.40. The highest BCUT2D eigenvalue weighted by atomic mass is 16.5. The maximum Gasteiger partial charge on any atom is 0.251 e. The van der Waals surface area contributed by atoms with Crippen molar-refractivity contribution in [2.24, 2.45) is 0 Å². The number of aryl methyl sites for hydroxylation is 1. The summed E-state index contributed by atoms with van der Waals surface area (Å²) >= 11 is 0. The highest BCUT2D eigenvalue weighted by Gasteiger charge is 2.17. The second-order valence-electron chi connectivity index (χ2n) is 6.06. The molecule has 0 saturated carbocycles. The van der Waals surface area contributed by atoms with Crippen LogP contribution in [0.3, 0.4) is 0 Å². The van der Waals surface area contributed by atoms with E-state index in [1.165, 1.54) is 0 Å². The molecule has 4 heteroatoms. The molecule has 0 saturated heterocycles. The summed E-state index contributed by atoms with van der Waals surface area (Å²) in [7, 11) is 0.